The average molecular weight is 260 g/mol. The zero-order valence-corrected chi connectivity index (χ0v) is 12.4. The minimum Gasteiger partial charge on any atom is -0.329 e. The molecule has 0 aliphatic carbocycles. The molecule has 0 spiro atoms. The number of hydrogen-bond donors (Lipinski definition) is 1. The van der Waals surface area contributed by atoms with Crippen molar-refractivity contribution in [3.8, 4) is 0 Å². The van der Waals surface area contributed by atoms with Gasteiger partial charge in [-0.15, -0.1) is 0 Å². The van der Waals surface area contributed by atoms with Gasteiger partial charge in [0.15, 0.2) is 0 Å². The molecule has 106 valence electrons. The summed E-state index contributed by atoms with van der Waals surface area (Å²) in [6.45, 7) is 5.44. The van der Waals surface area contributed by atoms with Gasteiger partial charge in [-0.05, 0) is 31.7 Å². The predicted molar refractivity (Wildman–Crippen MR) is 82.1 cm³/mol. The first kappa shape index (κ1) is 14.5. The third kappa shape index (κ3) is 3.37. The molecule has 1 heterocycles. The molecule has 0 radical (unpaired) electrons. The summed E-state index contributed by atoms with van der Waals surface area (Å²) in [5.74, 6) is 0. The lowest BCUT2D eigenvalue weighted by Gasteiger charge is -2.45. The Kier molecular flexibility index (Phi) is 5.41. The number of rotatable bonds is 5. The number of nitrogens with two attached hydrogens (primary N) is 1. The van der Waals surface area contributed by atoms with Crippen molar-refractivity contribution in [2.45, 2.75) is 64.1 Å². The molecule has 0 bridgehead atoms. The summed E-state index contributed by atoms with van der Waals surface area (Å²) >= 11 is 0. The van der Waals surface area contributed by atoms with Crippen molar-refractivity contribution in [3.05, 3.63) is 35.9 Å². The summed E-state index contributed by atoms with van der Waals surface area (Å²) in [5.41, 5.74) is 7.48. The number of nitrogens with zero attached hydrogens (tertiary/aromatic N) is 1. The molecule has 2 N–H and O–H groups in total. The Morgan fingerprint density at radius 3 is 2.63 bits per heavy atom. The summed E-state index contributed by atoms with van der Waals surface area (Å²) in [6.07, 6.45) is 6.34. The molecule has 1 fully saturated rings. The van der Waals surface area contributed by atoms with Gasteiger partial charge in [-0.25, -0.2) is 0 Å². The second kappa shape index (κ2) is 7.06. The summed E-state index contributed by atoms with van der Waals surface area (Å²) in [6, 6.07) is 12.7. The number of piperidine rings is 1. The normalized spacial score (nSPS) is 26.3. The fraction of sp³-hybridized carbons (Fsp3) is 0.647. The van der Waals surface area contributed by atoms with Crippen LogP contribution in [0.4, 0.5) is 0 Å². The van der Waals surface area contributed by atoms with E-state index in [0.29, 0.717) is 18.1 Å². The molecule has 1 aromatic carbocycles. The van der Waals surface area contributed by atoms with Crippen LogP contribution in [0.1, 0.15) is 57.6 Å². The molecule has 0 aromatic heterocycles. The first-order chi connectivity index (χ1) is 9.27. The lowest BCUT2D eigenvalue weighted by atomic mass is 9.90. The van der Waals surface area contributed by atoms with Crippen LogP contribution in [-0.2, 0) is 0 Å². The maximum Gasteiger partial charge on any atom is 0.0354 e. The number of benzene rings is 1. The van der Waals surface area contributed by atoms with Crippen molar-refractivity contribution in [1.29, 1.82) is 0 Å². The molecule has 2 nitrogen and oxygen atoms in total. The van der Waals surface area contributed by atoms with Crippen LogP contribution in [0.15, 0.2) is 30.3 Å². The summed E-state index contributed by atoms with van der Waals surface area (Å²) in [4.78, 5) is 2.70. The molecule has 1 aliphatic heterocycles. The Morgan fingerprint density at radius 2 is 2.00 bits per heavy atom. The highest BCUT2D eigenvalue weighted by Crippen LogP contribution is 2.34. The Bertz CT molecular complexity index is 363. The quantitative estimate of drug-likeness (QED) is 0.874. The first-order valence-corrected chi connectivity index (χ1v) is 7.80. The van der Waals surface area contributed by atoms with E-state index in [-0.39, 0.29) is 0 Å². The van der Waals surface area contributed by atoms with E-state index in [1.54, 1.807) is 0 Å². The van der Waals surface area contributed by atoms with E-state index < -0.39 is 0 Å². The zero-order valence-electron chi connectivity index (χ0n) is 12.4. The Morgan fingerprint density at radius 1 is 1.26 bits per heavy atom. The van der Waals surface area contributed by atoms with Crippen LogP contribution in [0.5, 0.6) is 0 Å². The molecule has 1 aliphatic rings. The van der Waals surface area contributed by atoms with E-state index in [4.69, 9.17) is 5.73 Å². The third-order valence-corrected chi connectivity index (χ3v) is 4.47. The van der Waals surface area contributed by atoms with E-state index in [9.17, 15) is 0 Å². The Labute approximate surface area is 118 Å². The Hall–Kier alpha value is -0.860. The van der Waals surface area contributed by atoms with Crippen LogP contribution < -0.4 is 5.73 Å². The van der Waals surface area contributed by atoms with Gasteiger partial charge in [0.05, 0.1) is 0 Å². The van der Waals surface area contributed by atoms with Crippen LogP contribution in [-0.4, -0.2) is 23.5 Å². The third-order valence-electron chi connectivity index (χ3n) is 4.47. The Balaban J connectivity index is 2.25. The van der Waals surface area contributed by atoms with Gasteiger partial charge < -0.3 is 5.73 Å². The second-order valence-electron chi connectivity index (χ2n) is 5.83. The fourth-order valence-corrected chi connectivity index (χ4v) is 3.54. The van der Waals surface area contributed by atoms with E-state index in [1.807, 2.05) is 0 Å². The van der Waals surface area contributed by atoms with Gasteiger partial charge in [0.25, 0.3) is 0 Å². The monoisotopic (exact) mass is 260 g/mol. The van der Waals surface area contributed by atoms with Crippen molar-refractivity contribution in [1.82, 2.24) is 4.90 Å². The van der Waals surface area contributed by atoms with Crippen LogP contribution in [0.3, 0.4) is 0 Å². The highest BCUT2D eigenvalue weighted by Gasteiger charge is 2.32. The number of likely N-dealkylation sites (tertiary alicyclic amines) is 1. The van der Waals surface area contributed by atoms with E-state index in [2.05, 4.69) is 49.1 Å². The molecule has 3 unspecified atom stereocenters. The summed E-state index contributed by atoms with van der Waals surface area (Å²) in [5, 5.41) is 0. The van der Waals surface area contributed by atoms with Crippen LogP contribution >= 0.6 is 0 Å². The van der Waals surface area contributed by atoms with Crippen molar-refractivity contribution < 1.29 is 0 Å². The second-order valence-corrected chi connectivity index (χ2v) is 5.83. The van der Waals surface area contributed by atoms with Gasteiger partial charge >= 0.3 is 0 Å². The molecule has 2 rings (SSSR count). The van der Waals surface area contributed by atoms with Gasteiger partial charge in [0.1, 0.15) is 0 Å². The van der Waals surface area contributed by atoms with E-state index in [1.165, 1.54) is 37.7 Å². The standard InChI is InChI=1S/C17H28N2/c1-3-8-17(15-10-5-4-6-11-15)19-14(2)9-7-12-16(19)13-18/h4-6,10-11,14,16-17H,3,7-9,12-13,18H2,1-2H3. The number of hydrogen-bond acceptors (Lipinski definition) is 2. The van der Waals surface area contributed by atoms with Gasteiger partial charge in [-0.1, -0.05) is 50.1 Å². The van der Waals surface area contributed by atoms with Gasteiger partial charge in [-0.3, -0.25) is 4.90 Å². The van der Waals surface area contributed by atoms with Crippen molar-refractivity contribution in [2.24, 2.45) is 5.73 Å². The average Bonchev–Trinajstić information content (AvgIpc) is 2.46. The molecule has 2 heteroatoms. The first-order valence-electron chi connectivity index (χ1n) is 7.80. The highest BCUT2D eigenvalue weighted by molar-refractivity contribution is 5.19. The lowest BCUT2D eigenvalue weighted by Crippen LogP contribution is -2.50. The van der Waals surface area contributed by atoms with Crippen molar-refractivity contribution in [3.63, 3.8) is 0 Å². The maximum absolute atomic E-state index is 6.03. The lowest BCUT2D eigenvalue weighted by molar-refractivity contribution is 0.0447. The predicted octanol–water partition coefficient (Wildman–Crippen LogP) is 3.73. The minimum absolute atomic E-state index is 0.537. The van der Waals surface area contributed by atoms with Crippen LogP contribution in [0, 0.1) is 0 Å². The largest absolute Gasteiger partial charge is 0.329 e. The van der Waals surface area contributed by atoms with Gasteiger partial charge in [0.2, 0.25) is 0 Å². The van der Waals surface area contributed by atoms with E-state index in [0.717, 1.165) is 6.54 Å². The minimum atomic E-state index is 0.537. The molecule has 1 saturated heterocycles. The highest BCUT2D eigenvalue weighted by atomic mass is 15.2. The molecule has 0 saturated carbocycles. The fourth-order valence-electron chi connectivity index (χ4n) is 3.54. The van der Waals surface area contributed by atoms with E-state index >= 15 is 0 Å². The molecule has 3 atom stereocenters. The van der Waals surface area contributed by atoms with Crippen LogP contribution in [0.2, 0.25) is 0 Å². The molecule has 0 amide bonds. The summed E-state index contributed by atoms with van der Waals surface area (Å²) in [7, 11) is 0. The van der Waals surface area contributed by atoms with Gasteiger partial charge in [-0.2, -0.15) is 0 Å². The summed E-state index contributed by atoms with van der Waals surface area (Å²) < 4.78 is 0. The van der Waals surface area contributed by atoms with Gasteiger partial charge in [0, 0.05) is 24.7 Å². The zero-order chi connectivity index (χ0) is 13.7. The van der Waals surface area contributed by atoms with Crippen molar-refractivity contribution in [2.75, 3.05) is 6.54 Å². The maximum atomic E-state index is 6.03. The van der Waals surface area contributed by atoms with Crippen LogP contribution in [0.25, 0.3) is 0 Å². The molecule has 1 aromatic rings. The molecular formula is C17H28N2. The molecular weight excluding hydrogens is 232 g/mol. The topological polar surface area (TPSA) is 29.3 Å². The molecule has 19 heavy (non-hydrogen) atoms. The SMILES string of the molecule is CCCC(c1ccccc1)N1C(C)CCCC1CN. The smallest absolute Gasteiger partial charge is 0.0354 e. The van der Waals surface area contributed by atoms with Crippen molar-refractivity contribution >= 4 is 0 Å².